The van der Waals surface area contributed by atoms with Gasteiger partial charge >= 0.3 is 0 Å². The van der Waals surface area contributed by atoms with E-state index in [0.717, 1.165) is 44.5 Å². The Kier molecular flexibility index (Phi) is 5.46. The summed E-state index contributed by atoms with van der Waals surface area (Å²) in [5.41, 5.74) is 1.24. The van der Waals surface area contributed by atoms with Gasteiger partial charge in [-0.15, -0.1) is 0 Å². The third-order valence-electron chi connectivity index (χ3n) is 4.58. The lowest BCUT2D eigenvalue weighted by atomic mass is 10.0. The molecule has 0 saturated carbocycles. The molecule has 1 atom stereocenters. The number of aryl methyl sites for hydroxylation is 1. The highest BCUT2D eigenvalue weighted by Crippen LogP contribution is 2.21. The highest BCUT2D eigenvalue weighted by atomic mass is 16.5. The molecule has 1 aromatic heterocycles. The number of amides is 1. The fourth-order valence-corrected chi connectivity index (χ4v) is 3.20. The van der Waals surface area contributed by atoms with Gasteiger partial charge in [-0.3, -0.25) is 4.79 Å². The van der Waals surface area contributed by atoms with E-state index < -0.39 is 0 Å². The second-order valence-corrected chi connectivity index (χ2v) is 6.21. The number of hydrogen-bond acceptors (Lipinski definition) is 4. The summed E-state index contributed by atoms with van der Waals surface area (Å²) in [6, 6.07) is 8.30. The molecule has 0 unspecified atom stereocenters. The van der Waals surface area contributed by atoms with E-state index in [0.29, 0.717) is 6.42 Å². The minimum absolute atomic E-state index is 0.244. The van der Waals surface area contributed by atoms with E-state index in [9.17, 15) is 4.79 Å². The molecule has 128 valence electrons. The van der Waals surface area contributed by atoms with Gasteiger partial charge in [0.25, 0.3) is 0 Å². The average Bonchev–Trinajstić information content (AvgIpc) is 3.17. The molecular formula is C18H24N4O2. The zero-order valence-electron chi connectivity index (χ0n) is 14.1. The van der Waals surface area contributed by atoms with Crippen LogP contribution >= 0.6 is 0 Å². The Labute approximate surface area is 142 Å². The third-order valence-corrected chi connectivity index (χ3v) is 4.58. The van der Waals surface area contributed by atoms with Gasteiger partial charge in [0, 0.05) is 19.5 Å². The number of likely N-dealkylation sites (tertiary alicyclic amines) is 1. The van der Waals surface area contributed by atoms with Crippen LogP contribution in [0.4, 0.5) is 0 Å². The molecule has 0 radical (unpaired) electrons. The van der Waals surface area contributed by atoms with Crippen LogP contribution in [0.1, 0.15) is 37.3 Å². The Morgan fingerprint density at radius 2 is 2.17 bits per heavy atom. The normalized spacial score (nSPS) is 17.7. The Hall–Kier alpha value is -2.37. The van der Waals surface area contributed by atoms with E-state index in [1.54, 1.807) is 19.8 Å². The maximum Gasteiger partial charge on any atom is 0.222 e. The molecule has 2 heterocycles. The van der Waals surface area contributed by atoms with Gasteiger partial charge in [-0.25, -0.2) is 9.67 Å². The van der Waals surface area contributed by atoms with Crippen LogP contribution in [-0.2, 0) is 11.2 Å². The van der Waals surface area contributed by atoms with Crippen molar-refractivity contribution in [3.63, 3.8) is 0 Å². The van der Waals surface area contributed by atoms with Crippen molar-refractivity contribution in [3.05, 3.63) is 42.5 Å². The molecule has 6 nitrogen and oxygen atoms in total. The van der Waals surface area contributed by atoms with E-state index in [2.05, 4.69) is 22.2 Å². The molecule has 2 aromatic rings. The number of rotatable bonds is 6. The Bertz CT molecular complexity index is 640. The SMILES string of the molecule is COc1ccc(CCCC(=O)N2CCC[C@H](n3cncn3)C2)cc1. The lowest BCUT2D eigenvalue weighted by molar-refractivity contribution is -0.133. The second-order valence-electron chi connectivity index (χ2n) is 6.21. The summed E-state index contributed by atoms with van der Waals surface area (Å²) in [5, 5.41) is 4.21. The molecule has 0 aliphatic carbocycles. The van der Waals surface area contributed by atoms with Crippen molar-refractivity contribution in [1.82, 2.24) is 19.7 Å². The van der Waals surface area contributed by atoms with Gasteiger partial charge < -0.3 is 9.64 Å². The molecule has 1 amide bonds. The smallest absolute Gasteiger partial charge is 0.222 e. The summed E-state index contributed by atoms with van der Waals surface area (Å²) in [6.07, 6.45) is 7.74. The second kappa shape index (κ2) is 7.95. The molecule has 1 aliphatic rings. The average molecular weight is 328 g/mol. The van der Waals surface area contributed by atoms with Gasteiger partial charge in [-0.05, 0) is 43.4 Å². The van der Waals surface area contributed by atoms with Gasteiger partial charge in [0.2, 0.25) is 5.91 Å². The molecule has 1 aromatic carbocycles. The molecule has 24 heavy (non-hydrogen) atoms. The van der Waals surface area contributed by atoms with Crippen LogP contribution in [0, 0.1) is 0 Å². The van der Waals surface area contributed by atoms with E-state index in [1.165, 1.54) is 5.56 Å². The van der Waals surface area contributed by atoms with Gasteiger partial charge in [-0.2, -0.15) is 5.10 Å². The van der Waals surface area contributed by atoms with Crippen LogP contribution in [0.2, 0.25) is 0 Å². The maximum atomic E-state index is 12.5. The number of methoxy groups -OCH3 is 1. The first-order valence-electron chi connectivity index (χ1n) is 8.51. The standard InChI is InChI=1S/C18H24N4O2/c1-24-17-9-7-15(8-10-17)4-2-6-18(23)21-11-3-5-16(12-21)22-14-19-13-20-22/h7-10,13-14,16H,2-6,11-12H2,1H3/t16-/m0/s1. The molecule has 1 aliphatic heterocycles. The predicted molar refractivity (Wildman–Crippen MR) is 90.8 cm³/mol. The van der Waals surface area contributed by atoms with Crippen molar-refractivity contribution in [2.45, 2.75) is 38.1 Å². The molecule has 0 bridgehead atoms. The summed E-state index contributed by atoms with van der Waals surface area (Å²) >= 11 is 0. The molecule has 0 spiro atoms. The highest BCUT2D eigenvalue weighted by molar-refractivity contribution is 5.76. The quantitative estimate of drug-likeness (QED) is 0.817. The first-order valence-corrected chi connectivity index (χ1v) is 8.51. The summed E-state index contributed by atoms with van der Waals surface area (Å²) in [5.74, 6) is 1.11. The molecule has 1 fully saturated rings. The number of nitrogens with zero attached hydrogens (tertiary/aromatic N) is 4. The zero-order chi connectivity index (χ0) is 16.8. The van der Waals surface area contributed by atoms with E-state index in [-0.39, 0.29) is 11.9 Å². The Morgan fingerprint density at radius 1 is 1.33 bits per heavy atom. The molecule has 0 N–H and O–H groups in total. The number of aromatic nitrogens is 3. The van der Waals surface area contributed by atoms with Crippen LogP contribution in [0.25, 0.3) is 0 Å². The van der Waals surface area contributed by atoms with E-state index in [1.807, 2.05) is 21.7 Å². The highest BCUT2D eigenvalue weighted by Gasteiger charge is 2.24. The number of benzene rings is 1. The van der Waals surface area contributed by atoms with Gasteiger partial charge in [0.05, 0.1) is 13.2 Å². The number of piperidine rings is 1. The lowest BCUT2D eigenvalue weighted by Gasteiger charge is -2.32. The van der Waals surface area contributed by atoms with Crippen molar-refractivity contribution < 1.29 is 9.53 Å². The van der Waals surface area contributed by atoms with E-state index in [4.69, 9.17) is 4.74 Å². The van der Waals surface area contributed by atoms with Crippen LogP contribution < -0.4 is 4.74 Å². The van der Waals surface area contributed by atoms with Crippen LogP contribution in [0.3, 0.4) is 0 Å². The molecule has 6 heteroatoms. The van der Waals surface area contributed by atoms with Crippen molar-refractivity contribution in [1.29, 1.82) is 0 Å². The van der Waals surface area contributed by atoms with Crippen molar-refractivity contribution in [3.8, 4) is 5.75 Å². The van der Waals surface area contributed by atoms with Gasteiger partial charge in [0.1, 0.15) is 18.4 Å². The molecule has 1 saturated heterocycles. The topological polar surface area (TPSA) is 60.2 Å². The summed E-state index contributed by atoms with van der Waals surface area (Å²) in [4.78, 5) is 18.4. The fourth-order valence-electron chi connectivity index (χ4n) is 3.20. The van der Waals surface area contributed by atoms with Crippen LogP contribution in [-0.4, -0.2) is 45.8 Å². The zero-order valence-corrected chi connectivity index (χ0v) is 14.1. The van der Waals surface area contributed by atoms with Crippen LogP contribution in [0.15, 0.2) is 36.9 Å². The number of hydrogen-bond donors (Lipinski definition) is 0. The molecule has 3 rings (SSSR count). The minimum atomic E-state index is 0.244. The lowest BCUT2D eigenvalue weighted by Crippen LogP contribution is -2.40. The maximum absolute atomic E-state index is 12.5. The summed E-state index contributed by atoms with van der Waals surface area (Å²) < 4.78 is 7.03. The molecular weight excluding hydrogens is 304 g/mol. The van der Waals surface area contributed by atoms with Crippen LogP contribution in [0.5, 0.6) is 5.75 Å². The number of ether oxygens (including phenoxy) is 1. The third kappa shape index (κ3) is 4.13. The minimum Gasteiger partial charge on any atom is -0.497 e. The fraction of sp³-hybridized carbons (Fsp3) is 0.500. The van der Waals surface area contributed by atoms with Crippen molar-refractivity contribution in [2.75, 3.05) is 20.2 Å². The van der Waals surface area contributed by atoms with Gasteiger partial charge in [0.15, 0.2) is 0 Å². The van der Waals surface area contributed by atoms with E-state index >= 15 is 0 Å². The summed E-state index contributed by atoms with van der Waals surface area (Å²) in [6.45, 7) is 1.59. The first-order chi connectivity index (χ1) is 11.8. The largest absolute Gasteiger partial charge is 0.497 e. The summed E-state index contributed by atoms with van der Waals surface area (Å²) in [7, 11) is 1.67. The number of carbonyl (C=O) groups excluding carboxylic acids is 1. The number of carbonyl (C=O) groups is 1. The first kappa shape index (κ1) is 16.5. The monoisotopic (exact) mass is 328 g/mol. The Morgan fingerprint density at radius 3 is 2.88 bits per heavy atom. The predicted octanol–water partition coefficient (Wildman–Crippen LogP) is 2.47. The van der Waals surface area contributed by atoms with Crippen molar-refractivity contribution >= 4 is 5.91 Å². The van der Waals surface area contributed by atoms with Gasteiger partial charge in [-0.1, -0.05) is 12.1 Å². The van der Waals surface area contributed by atoms with Crippen molar-refractivity contribution in [2.24, 2.45) is 0 Å². The Balaban J connectivity index is 1.45.